The van der Waals surface area contributed by atoms with Gasteiger partial charge in [0.05, 0.1) is 0 Å². The minimum absolute atomic E-state index is 0.215. The molecule has 1 aromatic carbocycles. The fourth-order valence-corrected chi connectivity index (χ4v) is 3.34. The minimum Gasteiger partial charge on any atom is -0.484 e. The summed E-state index contributed by atoms with van der Waals surface area (Å²) in [6.45, 7) is 1.44. The van der Waals surface area contributed by atoms with Crippen molar-refractivity contribution in [1.29, 1.82) is 0 Å². The van der Waals surface area contributed by atoms with Crippen LogP contribution in [0.1, 0.15) is 46.3 Å². The van der Waals surface area contributed by atoms with Gasteiger partial charge >= 0.3 is 6.18 Å². The van der Waals surface area contributed by atoms with Crippen molar-refractivity contribution in [3.05, 3.63) is 52.7 Å². The van der Waals surface area contributed by atoms with Crippen LogP contribution in [-0.4, -0.2) is 49.3 Å². The van der Waals surface area contributed by atoms with E-state index < -0.39 is 12.8 Å². The summed E-state index contributed by atoms with van der Waals surface area (Å²) in [4.78, 5) is 27.3. The van der Waals surface area contributed by atoms with Crippen molar-refractivity contribution in [3.63, 3.8) is 0 Å². The molecule has 9 heteroatoms. The van der Waals surface area contributed by atoms with E-state index in [-0.39, 0.29) is 5.75 Å². The van der Waals surface area contributed by atoms with E-state index in [9.17, 15) is 22.8 Å². The number of carbonyl (C=O) groups excluding carboxylic acids is 2. The van der Waals surface area contributed by atoms with Gasteiger partial charge in [-0.25, -0.2) is 4.98 Å². The quantitative estimate of drug-likeness (QED) is 0.537. The third kappa shape index (κ3) is 8.49. The molecule has 3 rings (SSSR count). The normalized spacial score (nSPS) is 13.5. The molecule has 0 atom stereocenters. The molecule has 1 saturated carbocycles. The molecular formula is C24H30F3N3O3. The number of aldehydes is 2. The number of alkyl halides is 3. The Balaban J connectivity index is 0.000000554. The van der Waals surface area contributed by atoms with Crippen molar-refractivity contribution >= 4 is 18.4 Å². The Morgan fingerprint density at radius 3 is 2.42 bits per heavy atom. The molecule has 6 nitrogen and oxygen atoms in total. The number of carbonyl (C=O) groups is 2. The second-order valence-electron chi connectivity index (χ2n) is 8.10. The SMILES string of the molecule is CNc1nccc(C=O)c1CN(C)Cc1ccc(OCC(F)(F)F)c(C)c1.O=CC1CCC1. The van der Waals surface area contributed by atoms with Crippen LogP contribution in [0.3, 0.4) is 0 Å². The summed E-state index contributed by atoms with van der Waals surface area (Å²) in [5.74, 6) is 1.29. The fourth-order valence-electron chi connectivity index (χ4n) is 3.34. The summed E-state index contributed by atoms with van der Waals surface area (Å²) in [7, 11) is 3.63. The predicted molar refractivity (Wildman–Crippen MR) is 120 cm³/mol. The number of aromatic nitrogens is 1. The highest BCUT2D eigenvalue weighted by atomic mass is 19.4. The zero-order valence-electron chi connectivity index (χ0n) is 19.1. The van der Waals surface area contributed by atoms with Crippen molar-refractivity contribution in [2.45, 2.75) is 45.5 Å². The van der Waals surface area contributed by atoms with Gasteiger partial charge in [0.1, 0.15) is 17.9 Å². The number of anilines is 1. The zero-order chi connectivity index (χ0) is 24.4. The maximum atomic E-state index is 12.3. The second kappa shape index (κ2) is 12.3. The maximum absolute atomic E-state index is 12.3. The van der Waals surface area contributed by atoms with Gasteiger partial charge in [-0.05, 0) is 50.1 Å². The van der Waals surface area contributed by atoms with E-state index in [0.29, 0.717) is 36.0 Å². The highest BCUT2D eigenvalue weighted by molar-refractivity contribution is 5.79. The number of hydrogen-bond donors (Lipinski definition) is 1. The van der Waals surface area contributed by atoms with Gasteiger partial charge in [-0.2, -0.15) is 13.2 Å². The number of pyridine rings is 1. The molecule has 1 aliphatic carbocycles. The lowest BCUT2D eigenvalue weighted by Gasteiger charge is -2.20. The fraction of sp³-hybridized carbons (Fsp3) is 0.458. The highest BCUT2D eigenvalue weighted by Gasteiger charge is 2.28. The third-order valence-corrected chi connectivity index (χ3v) is 5.31. The van der Waals surface area contributed by atoms with Gasteiger partial charge in [-0.3, -0.25) is 9.69 Å². The van der Waals surface area contributed by atoms with Crippen LogP contribution >= 0.6 is 0 Å². The molecule has 1 N–H and O–H groups in total. The largest absolute Gasteiger partial charge is 0.484 e. The van der Waals surface area contributed by atoms with Crippen LogP contribution in [0.4, 0.5) is 19.0 Å². The molecule has 0 spiro atoms. The first-order chi connectivity index (χ1) is 15.7. The van der Waals surface area contributed by atoms with Crippen LogP contribution < -0.4 is 10.1 Å². The predicted octanol–water partition coefficient (Wildman–Crippen LogP) is 4.80. The number of ether oxygens (including phenoxy) is 1. The van der Waals surface area contributed by atoms with E-state index in [2.05, 4.69) is 10.3 Å². The average Bonchev–Trinajstić information content (AvgIpc) is 2.72. The Labute approximate surface area is 192 Å². The molecule has 0 amide bonds. The number of nitrogens with zero attached hydrogens (tertiary/aromatic N) is 2. The number of halogens is 3. The highest BCUT2D eigenvalue weighted by Crippen LogP contribution is 2.24. The lowest BCUT2D eigenvalue weighted by molar-refractivity contribution is -0.153. The van der Waals surface area contributed by atoms with Crippen LogP contribution in [0, 0.1) is 12.8 Å². The Bertz CT molecular complexity index is 931. The van der Waals surface area contributed by atoms with Gasteiger partial charge in [0.15, 0.2) is 12.9 Å². The summed E-state index contributed by atoms with van der Waals surface area (Å²) >= 11 is 0. The Morgan fingerprint density at radius 2 is 1.94 bits per heavy atom. The zero-order valence-corrected chi connectivity index (χ0v) is 19.1. The summed E-state index contributed by atoms with van der Waals surface area (Å²) < 4.78 is 41.7. The van der Waals surface area contributed by atoms with Gasteiger partial charge in [-0.1, -0.05) is 18.6 Å². The Morgan fingerprint density at radius 1 is 1.21 bits per heavy atom. The molecule has 0 saturated heterocycles. The van der Waals surface area contributed by atoms with E-state index in [4.69, 9.17) is 4.74 Å². The first-order valence-corrected chi connectivity index (χ1v) is 10.7. The number of hydrogen-bond acceptors (Lipinski definition) is 6. The monoisotopic (exact) mass is 465 g/mol. The summed E-state index contributed by atoms with van der Waals surface area (Å²) in [5.41, 5.74) is 2.92. The minimum atomic E-state index is -4.36. The van der Waals surface area contributed by atoms with Crippen molar-refractivity contribution in [1.82, 2.24) is 9.88 Å². The topological polar surface area (TPSA) is 71.5 Å². The van der Waals surface area contributed by atoms with Crippen LogP contribution in [0.2, 0.25) is 0 Å². The molecule has 0 radical (unpaired) electrons. The Hall–Kier alpha value is -2.94. The molecule has 0 bridgehead atoms. The van der Waals surface area contributed by atoms with Gasteiger partial charge in [0, 0.05) is 43.4 Å². The van der Waals surface area contributed by atoms with Crippen LogP contribution in [0.5, 0.6) is 5.75 Å². The molecule has 1 aromatic heterocycles. The number of aryl methyl sites for hydroxylation is 1. The maximum Gasteiger partial charge on any atom is 0.422 e. The van der Waals surface area contributed by atoms with Crippen LogP contribution in [0.15, 0.2) is 30.5 Å². The lowest BCUT2D eigenvalue weighted by Crippen LogP contribution is -2.20. The molecule has 1 heterocycles. The Kier molecular flexibility index (Phi) is 9.84. The molecule has 1 fully saturated rings. The second-order valence-corrected chi connectivity index (χ2v) is 8.10. The summed E-state index contributed by atoms with van der Waals surface area (Å²) in [6, 6.07) is 6.74. The molecule has 0 unspecified atom stereocenters. The third-order valence-electron chi connectivity index (χ3n) is 5.31. The standard InChI is InChI=1S/C19H22F3N3O2.C5H8O/c1-13-8-14(4-5-17(13)27-12-19(20,21)22)9-25(3)10-16-15(11-26)6-7-24-18(16)23-2;6-4-5-2-1-3-5/h4-8,11H,9-10,12H2,1-3H3,(H,23,24);4-5H,1-3H2. The summed E-state index contributed by atoms with van der Waals surface area (Å²) in [6.07, 6.45) is 2.61. The van der Waals surface area contributed by atoms with Crippen LogP contribution in [-0.2, 0) is 17.9 Å². The van der Waals surface area contributed by atoms with Gasteiger partial charge < -0.3 is 14.8 Å². The van der Waals surface area contributed by atoms with Gasteiger partial charge in [-0.15, -0.1) is 0 Å². The first-order valence-electron chi connectivity index (χ1n) is 10.7. The van der Waals surface area contributed by atoms with Crippen molar-refractivity contribution in [2.24, 2.45) is 5.92 Å². The average molecular weight is 466 g/mol. The van der Waals surface area contributed by atoms with E-state index >= 15 is 0 Å². The van der Waals surface area contributed by atoms with E-state index in [0.717, 1.165) is 36.5 Å². The van der Waals surface area contributed by atoms with E-state index in [1.54, 1.807) is 44.4 Å². The van der Waals surface area contributed by atoms with Crippen molar-refractivity contribution in [2.75, 3.05) is 26.0 Å². The number of rotatable bonds is 9. The smallest absolute Gasteiger partial charge is 0.422 e. The van der Waals surface area contributed by atoms with E-state index in [1.165, 1.54) is 6.42 Å². The lowest BCUT2D eigenvalue weighted by atomic mass is 9.87. The molecule has 33 heavy (non-hydrogen) atoms. The molecule has 1 aliphatic rings. The summed E-state index contributed by atoms with van der Waals surface area (Å²) in [5, 5.41) is 2.98. The first kappa shape index (κ1) is 26.3. The van der Waals surface area contributed by atoms with Crippen molar-refractivity contribution < 1.29 is 27.5 Å². The molecular weight excluding hydrogens is 435 g/mol. The molecule has 0 aliphatic heterocycles. The molecule has 2 aromatic rings. The number of nitrogens with one attached hydrogen (secondary N) is 1. The van der Waals surface area contributed by atoms with Crippen molar-refractivity contribution in [3.8, 4) is 5.75 Å². The number of benzene rings is 1. The van der Waals surface area contributed by atoms with Gasteiger partial charge in [0.25, 0.3) is 0 Å². The van der Waals surface area contributed by atoms with E-state index in [1.807, 2.05) is 11.9 Å². The molecule has 180 valence electrons. The van der Waals surface area contributed by atoms with Crippen LogP contribution in [0.25, 0.3) is 0 Å². The van der Waals surface area contributed by atoms with Gasteiger partial charge in [0.2, 0.25) is 0 Å².